The van der Waals surface area contributed by atoms with Crippen LogP contribution in [0.1, 0.15) is 47.7 Å². The monoisotopic (exact) mass is 459 g/mol. The smallest absolute Gasteiger partial charge is 0.230 e. The number of benzene rings is 2. The molecule has 1 atom stereocenters. The molecular formula is C27H29N3O4. The van der Waals surface area contributed by atoms with Crippen molar-refractivity contribution in [3.63, 3.8) is 0 Å². The van der Waals surface area contributed by atoms with Gasteiger partial charge in [-0.1, -0.05) is 18.2 Å². The van der Waals surface area contributed by atoms with Gasteiger partial charge < -0.3 is 24.7 Å². The number of amides is 2. The Kier molecular flexibility index (Phi) is 6.01. The van der Waals surface area contributed by atoms with Crippen molar-refractivity contribution < 1.29 is 19.1 Å². The lowest BCUT2D eigenvalue weighted by molar-refractivity contribution is -0.128. The molecule has 0 radical (unpaired) electrons. The van der Waals surface area contributed by atoms with E-state index in [9.17, 15) is 9.59 Å². The van der Waals surface area contributed by atoms with Crippen molar-refractivity contribution in [2.24, 2.45) is 0 Å². The van der Waals surface area contributed by atoms with Crippen LogP contribution in [-0.4, -0.2) is 42.5 Å². The highest BCUT2D eigenvalue weighted by molar-refractivity contribution is 5.86. The van der Waals surface area contributed by atoms with Gasteiger partial charge in [-0.05, 0) is 60.2 Å². The molecule has 1 aromatic heterocycles. The Labute approximate surface area is 198 Å². The average Bonchev–Trinajstić information content (AvgIpc) is 3.16. The number of ether oxygens (including phenoxy) is 2. The molecule has 176 valence electrons. The van der Waals surface area contributed by atoms with Crippen molar-refractivity contribution in [2.45, 2.75) is 38.1 Å². The molecule has 0 saturated heterocycles. The van der Waals surface area contributed by atoms with E-state index in [0.717, 1.165) is 41.6 Å². The van der Waals surface area contributed by atoms with Crippen LogP contribution in [0.2, 0.25) is 0 Å². The predicted molar refractivity (Wildman–Crippen MR) is 131 cm³/mol. The molecule has 0 bridgehead atoms. The average molecular weight is 460 g/mol. The highest BCUT2D eigenvalue weighted by Gasteiger charge is 2.26. The Balaban J connectivity index is 1.24. The van der Waals surface area contributed by atoms with Gasteiger partial charge in [-0.25, -0.2) is 0 Å². The minimum atomic E-state index is -0.0530. The number of carbonyl (C=O) groups is 2. The molecule has 3 aromatic rings. The maximum absolute atomic E-state index is 12.9. The van der Waals surface area contributed by atoms with E-state index in [2.05, 4.69) is 28.5 Å². The Morgan fingerprint density at radius 2 is 1.97 bits per heavy atom. The molecule has 34 heavy (non-hydrogen) atoms. The summed E-state index contributed by atoms with van der Waals surface area (Å²) < 4.78 is 10.8. The van der Waals surface area contributed by atoms with E-state index in [1.54, 1.807) is 25.3 Å². The Bertz CT molecular complexity index is 1280. The number of hydrogen-bond acceptors (Lipinski definition) is 4. The summed E-state index contributed by atoms with van der Waals surface area (Å²) in [4.78, 5) is 30.8. The second-order valence-corrected chi connectivity index (χ2v) is 8.81. The van der Waals surface area contributed by atoms with E-state index < -0.39 is 0 Å². The van der Waals surface area contributed by atoms with Crippen LogP contribution in [0.5, 0.6) is 11.5 Å². The number of rotatable bonds is 6. The fourth-order valence-corrected chi connectivity index (χ4v) is 5.01. The minimum absolute atomic E-state index is 0.0248. The molecule has 0 saturated carbocycles. The van der Waals surface area contributed by atoms with Gasteiger partial charge in [0.2, 0.25) is 11.8 Å². The topological polar surface area (TPSA) is 83.7 Å². The van der Waals surface area contributed by atoms with E-state index in [0.29, 0.717) is 18.0 Å². The third-order valence-corrected chi connectivity index (χ3v) is 6.77. The van der Waals surface area contributed by atoms with Crippen LogP contribution in [-0.2, 0) is 22.4 Å². The van der Waals surface area contributed by atoms with Gasteiger partial charge in [-0.2, -0.15) is 0 Å². The maximum Gasteiger partial charge on any atom is 0.230 e. The number of methoxy groups -OCH3 is 2. The molecule has 0 fully saturated rings. The summed E-state index contributed by atoms with van der Waals surface area (Å²) in [6.45, 7) is 0.329. The molecule has 7 heteroatoms. The number of hydrogen-bond donors (Lipinski definition) is 2. The zero-order chi connectivity index (χ0) is 23.7. The predicted octanol–water partition coefficient (Wildman–Crippen LogP) is 4.12. The number of nitrogens with one attached hydrogen (secondary N) is 2. The second kappa shape index (κ2) is 9.25. The van der Waals surface area contributed by atoms with E-state index in [4.69, 9.17) is 9.47 Å². The lowest BCUT2D eigenvalue weighted by Gasteiger charge is -2.24. The van der Waals surface area contributed by atoms with Crippen molar-refractivity contribution >= 4 is 28.8 Å². The van der Waals surface area contributed by atoms with Gasteiger partial charge in [-0.3, -0.25) is 9.59 Å². The van der Waals surface area contributed by atoms with Crippen LogP contribution in [0.25, 0.3) is 17.0 Å². The number of carbonyl (C=O) groups excluding carboxylic acids is 2. The molecule has 1 aliphatic heterocycles. The number of H-pyrrole nitrogens is 1. The molecule has 0 unspecified atom stereocenters. The third-order valence-electron chi connectivity index (χ3n) is 6.77. The SMILES string of the molecule is COc1cc2c(cc1OC)CC(=O)N(CCC(=O)N[C@@H]1CCCc3c1[nH]c1ccccc31)C=C2. The fourth-order valence-electron chi connectivity index (χ4n) is 5.01. The van der Waals surface area contributed by atoms with Crippen molar-refractivity contribution in [3.8, 4) is 11.5 Å². The zero-order valence-electron chi connectivity index (χ0n) is 19.5. The molecule has 5 rings (SSSR count). The first-order chi connectivity index (χ1) is 16.6. The minimum Gasteiger partial charge on any atom is -0.493 e. The van der Waals surface area contributed by atoms with E-state index >= 15 is 0 Å². The maximum atomic E-state index is 12.9. The Morgan fingerprint density at radius 3 is 2.79 bits per heavy atom. The van der Waals surface area contributed by atoms with E-state index in [1.165, 1.54) is 10.9 Å². The summed E-state index contributed by atoms with van der Waals surface area (Å²) in [6.07, 6.45) is 7.10. The number of aromatic amines is 1. The standard InChI is InChI=1S/C27H29N3O4/c1-33-23-14-17-10-12-30(26(32)16-18(17)15-24(23)34-2)13-11-25(31)28-22-9-5-7-20-19-6-3-4-8-21(19)29-27(20)22/h3-4,6,8,10,12,14-15,22,29H,5,7,9,11,13,16H2,1-2H3,(H,28,31)/t22-/m1/s1. The molecule has 2 amide bonds. The van der Waals surface area contributed by atoms with Crippen LogP contribution in [0.4, 0.5) is 0 Å². The van der Waals surface area contributed by atoms with Crippen LogP contribution >= 0.6 is 0 Å². The number of nitrogens with zero attached hydrogens (tertiary/aromatic N) is 1. The van der Waals surface area contributed by atoms with E-state index in [-0.39, 0.29) is 30.7 Å². The molecule has 2 aliphatic rings. The van der Waals surface area contributed by atoms with Crippen molar-refractivity contribution in [2.75, 3.05) is 20.8 Å². The Morgan fingerprint density at radius 1 is 1.18 bits per heavy atom. The summed E-state index contributed by atoms with van der Waals surface area (Å²) >= 11 is 0. The van der Waals surface area contributed by atoms with Crippen molar-refractivity contribution in [1.29, 1.82) is 0 Å². The highest BCUT2D eigenvalue weighted by atomic mass is 16.5. The molecule has 2 N–H and O–H groups in total. The van der Waals surface area contributed by atoms with Gasteiger partial charge >= 0.3 is 0 Å². The number of para-hydroxylation sites is 1. The molecule has 2 heterocycles. The van der Waals surface area contributed by atoms with Crippen LogP contribution in [0.15, 0.2) is 42.6 Å². The van der Waals surface area contributed by atoms with Crippen molar-refractivity contribution in [3.05, 3.63) is 65.0 Å². The zero-order valence-corrected chi connectivity index (χ0v) is 19.5. The quantitative estimate of drug-likeness (QED) is 0.581. The number of fused-ring (bicyclic) bond motifs is 4. The summed E-state index contributed by atoms with van der Waals surface area (Å²) in [5.41, 5.74) is 5.32. The number of aryl methyl sites for hydroxylation is 1. The lowest BCUT2D eigenvalue weighted by Crippen LogP contribution is -2.35. The summed E-state index contributed by atoms with van der Waals surface area (Å²) in [5, 5.41) is 4.43. The lowest BCUT2D eigenvalue weighted by atomic mass is 9.91. The van der Waals surface area contributed by atoms with Crippen LogP contribution < -0.4 is 14.8 Å². The summed E-state index contributed by atoms with van der Waals surface area (Å²) in [7, 11) is 3.17. The van der Waals surface area contributed by atoms with Gasteiger partial charge in [-0.15, -0.1) is 0 Å². The van der Waals surface area contributed by atoms with Crippen molar-refractivity contribution in [1.82, 2.24) is 15.2 Å². The molecular weight excluding hydrogens is 430 g/mol. The van der Waals surface area contributed by atoms with Gasteiger partial charge in [0.05, 0.1) is 26.7 Å². The molecule has 1 aliphatic carbocycles. The molecule has 0 spiro atoms. The van der Waals surface area contributed by atoms with Crippen LogP contribution in [0.3, 0.4) is 0 Å². The highest BCUT2D eigenvalue weighted by Crippen LogP contribution is 2.35. The van der Waals surface area contributed by atoms with Crippen LogP contribution in [0, 0.1) is 0 Å². The fraction of sp³-hybridized carbons (Fsp3) is 0.333. The van der Waals surface area contributed by atoms with Gasteiger partial charge in [0.15, 0.2) is 11.5 Å². The molecule has 2 aromatic carbocycles. The van der Waals surface area contributed by atoms with Gasteiger partial charge in [0.25, 0.3) is 0 Å². The second-order valence-electron chi connectivity index (χ2n) is 8.81. The first kappa shape index (κ1) is 22.1. The van der Waals surface area contributed by atoms with Gasteiger partial charge in [0, 0.05) is 35.8 Å². The summed E-state index contributed by atoms with van der Waals surface area (Å²) in [5.74, 6) is 1.11. The third kappa shape index (κ3) is 4.14. The molecule has 7 nitrogen and oxygen atoms in total. The largest absolute Gasteiger partial charge is 0.493 e. The normalized spacial score (nSPS) is 17.2. The van der Waals surface area contributed by atoms with Gasteiger partial charge in [0.1, 0.15) is 0 Å². The van der Waals surface area contributed by atoms with E-state index in [1.807, 2.05) is 24.3 Å². The Hall–Kier alpha value is -3.74. The first-order valence-corrected chi connectivity index (χ1v) is 11.7. The number of aromatic nitrogens is 1. The summed E-state index contributed by atoms with van der Waals surface area (Å²) in [6, 6.07) is 12.0. The first-order valence-electron chi connectivity index (χ1n) is 11.7.